The Balaban J connectivity index is 1.99. The van der Waals surface area contributed by atoms with Crippen LogP contribution in [0.15, 0.2) is 24.3 Å². The van der Waals surface area contributed by atoms with Gasteiger partial charge in [-0.05, 0) is 41.7 Å². The van der Waals surface area contributed by atoms with E-state index in [2.05, 4.69) is 60.7 Å². The van der Waals surface area contributed by atoms with Crippen LogP contribution in [-0.4, -0.2) is 3.42 Å². The molecule has 0 aliphatic heterocycles. The largest absolute Gasteiger partial charge is 0.0788 e. The first kappa shape index (κ1) is 10.1. The van der Waals surface area contributed by atoms with E-state index in [0.29, 0.717) is 14.8 Å². The van der Waals surface area contributed by atoms with Gasteiger partial charge in [0.05, 0.1) is 0 Å². The van der Waals surface area contributed by atoms with E-state index >= 15 is 0 Å². The maximum Gasteiger partial charge on any atom is 0.0247 e. The van der Waals surface area contributed by atoms with Crippen molar-refractivity contribution in [3.8, 4) is 0 Å². The van der Waals surface area contributed by atoms with Crippen molar-refractivity contribution >= 4 is 22.6 Å². The summed E-state index contributed by atoms with van der Waals surface area (Å²) in [4.78, 5) is 0. The van der Waals surface area contributed by atoms with Gasteiger partial charge < -0.3 is 0 Å². The normalized spacial score (nSPS) is 37.3. The lowest BCUT2D eigenvalue weighted by Crippen LogP contribution is -2.66. The van der Waals surface area contributed by atoms with E-state index in [1.54, 1.807) is 11.1 Å². The molecule has 3 aliphatic rings. The Kier molecular flexibility index (Phi) is 2.02. The Morgan fingerprint density at radius 2 is 1.73 bits per heavy atom. The van der Waals surface area contributed by atoms with Crippen molar-refractivity contribution in [3.05, 3.63) is 35.4 Å². The maximum atomic E-state index is 2.66. The summed E-state index contributed by atoms with van der Waals surface area (Å²) in [5.74, 6) is 0.667. The summed E-state index contributed by atoms with van der Waals surface area (Å²) in [7, 11) is 0. The van der Waals surface area contributed by atoms with E-state index < -0.39 is 0 Å². The summed E-state index contributed by atoms with van der Waals surface area (Å²) in [6.07, 6.45) is 4.26. The van der Waals surface area contributed by atoms with Crippen molar-refractivity contribution < 1.29 is 0 Å². The first-order valence-electron chi connectivity index (χ1n) is 5.83. The minimum absolute atomic E-state index is 0.585. The number of alkyl halides is 1. The summed E-state index contributed by atoms with van der Waals surface area (Å²) in [5, 5.41) is 0. The Labute approximate surface area is 106 Å². The van der Waals surface area contributed by atoms with Crippen LogP contribution in [0.2, 0.25) is 0 Å². The lowest BCUT2D eigenvalue weighted by atomic mass is 9.41. The van der Waals surface area contributed by atoms with Crippen LogP contribution in [0, 0.1) is 0 Å². The zero-order chi connectivity index (χ0) is 10.7. The topological polar surface area (TPSA) is 0 Å². The number of rotatable bonds is 2. The predicted octanol–water partition coefficient (Wildman–Crippen LogP) is 4.42. The van der Waals surface area contributed by atoms with Crippen LogP contribution in [0.4, 0.5) is 0 Å². The van der Waals surface area contributed by atoms with Gasteiger partial charge in [0.2, 0.25) is 0 Å². The molecule has 3 fully saturated rings. The standard InChI is InChI=1S/C14H17I/c1-10(2)11-5-3-4-6-12(11)13-7-14(15,8-13)9-13/h3-6,10H,7-9H2,1-2H3. The fraction of sp³-hybridized carbons (Fsp3) is 0.571. The molecule has 0 radical (unpaired) electrons. The quantitative estimate of drug-likeness (QED) is 0.560. The van der Waals surface area contributed by atoms with Crippen molar-refractivity contribution in [3.63, 3.8) is 0 Å². The third-order valence-corrected chi connectivity index (χ3v) is 5.26. The molecule has 2 bridgehead atoms. The van der Waals surface area contributed by atoms with Gasteiger partial charge in [-0.3, -0.25) is 0 Å². The van der Waals surface area contributed by atoms with E-state index in [0.717, 1.165) is 0 Å². The zero-order valence-corrected chi connectivity index (χ0v) is 11.5. The molecule has 1 heteroatoms. The Bertz CT molecular complexity index is 386. The number of benzene rings is 1. The molecule has 0 saturated heterocycles. The fourth-order valence-corrected chi connectivity index (χ4v) is 5.62. The highest BCUT2D eigenvalue weighted by molar-refractivity contribution is 14.1. The summed E-state index contributed by atoms with van der Waals surface area (Å²) in [5.41, 5.74) is 3.82. The molecule has 80 valence electrons. The van der Waals surface area contributed by atoms with Crippen molar-refractivity contribution in [1.82, 2.24) is 0 Å². The smallest absolute Gasteiger partial charge is 0.0247 e. The van der Waals surface area contributed by atoms with Gasteiger partial charge in [0.15, 0.2) is 0 Å². The summed E-state index contributed by atoms with van der Waals surface area (Å²) in [6.45, 7) is 4.62. The highest BCUT2D eigenvalue weighted by atomic mass is 127. The van der Waals surface area contributed by atoms with Crippen molar-refractivity contribution in [2.75, 3.05) is 0 Å². The minimum Gasteiger partial charge on any atom is -0.0788 e. The molecule has 0 N–H and O–H groups in total. The molecule has 15 heavy (non-hydrogen) atoms. The summed E-state index contributed by atoms with van der Waals surface area (Å²) < 4.78 is 0.682. The molecule has 0 nitrogen and oxygen atoms in total. The second-order valence-corrected chi connectivity index (χ2v) is 7.99. The van der Waals surface area contributed by atoms with Crippen LogP contribution in [0.25, 0.3) is 0 Å². The van der Waals surface area contributed by atoms with Gasteiger partial charge in [-0.15, -0.1) is 0 Å². The molecule has 0 aromatic heterocycles. The molecular weight excluding hydrogens is 295 g/mol. The van der Waals surface area contributed by atoms with Crippen LogP contribution < -0.4 is 0 Å². The molecular formula is C14H17I. The Morgan fingerprint density at radius 3 is 2.27 bits per heavy atom. The third-order valence-electron chi connectivity index (χ3n) is 4.12. The summed E-state index contributed by atoms with van der Waals surface area (Å²) >= 11 is 2.66. The molecule has 1 aromatic rings. The van der Waals surface area contributed by atoms with Crippen LogP contribution in [0.3, 0.4) is 0 Å². The first-order valence-corrected chi connectivity index (χ1v) is 6.91. The molecule has 0 amide bonds. The van der Waals surface area contributed by atoms with E-state index in [9.17, 15) is 0 Å². The van der Waals surface area contributed by atoms with Crippen LogP contribution in [-0.2, 0) is 5.41 Å². The molecule has 3 aliphatic carbocycles. The fourth-order valence-electron chi connectivity index (χ4n) is 3.43. The molecule has 0 unspecified atom stereocenters. The molecule has 1 aromatic carbocycles. The highest BCUT2D eigenvalue weighted by Crippen LogP contribution is 2.72. The monoisotopic (exact) mass is 312 g/mol. The van der Waals surface area contributed by atoms with Gasteiger partial charge in [-0.2, -0.15) is 0 Å². The van der Waals surface area contributed by atoms with Gasteiger partial charge in [0, 0.05) is 3.42 Å². The lowest BCUT2D eigenvalue weighted by Gasteiger charge is -2.69. The number of hydrogen-bond acceptors (Lipinski definition) is 0. The molecule has 0 spiro atoms. The average Bonchev–Trinajstić information content (AvgIpc) is 2.11. The van der Waals surface area contributed by atoms with Crippen LogP contribution in [0.1, 0.15) is 50.2 Å². The van der Waals surface area contributed by atoms with Crippen LogP contribution >= 0.6 is 22.6 Å². The van der Waals surface area contributed by atoms with Crippen LogP contribution in [0.5, 0.6) is 0 Å². The SMILES string of the molecule is CC(C)c1ccccc1C12CC(I)(C1)C2. The Hall–Kier alpha value is -0.0500. The van der Waals surface area contributed by atoms with Gasteiger partial charge in [-0.25, -0.2) is 0 Å². The molecule has 3 saturated carbocycles. The predicted molar refractivity (Wildman–Crippen MR) is 72.8 cm³/mol. The van der Waals surface area contributed by atoms with E-state index in [4.69, 9.17) is 0 Å². The Morgan fingerprint density at radius 1 is 1.13 bits per heavy atom. The van der Waals surface area contributed by atoms with E-state index in [-0.39, 0.29) is 0 Å². The molecule has 4 rings (SSSR count). The maximum absolute atomic E-state index is 2.66. The second-order valence-electron chi connectivity index (χ2n) is 5.70. The van der Waals surface area contributed by atoms with E-state index in [1.165, 1.54) is 19.3 Å². The van der Waals surface area contributed by atoms with Gasteiger partial charge in [0.1, 0.15) is 0 Å². The number of hydrogen-bond donors (Lipinski definition) is 0. The van der Waals surface area contributed by atoms with Crippen molar-refractivity contribution in [1.29, 1.82) is 0 Å². The third kappa shape index (κ3) is 1.31. The van der Waals surface area contributed by atoms with Crippen molar-refractivity contribution in [2.24, 2.45) is 0 Å². The number of halogens is 1. The minimum atomic E-state index is 0.585. The first-order chi connectivity index (χ1) is 7.05. The van der Waals surface area contributed by atoms with E-state index in [1.807, 2.05) is 0 Å². The average molecular weight is 312 g/mol. The van der Waals surface area contributed by atoms with Crippen molar-refractivity contribution in [2.45, 2.75) is 47.9 Å². The second kappa shape index (κ2) is 2.99. The molecule has 0 heterocycles. The lowest BCUT2D eigenvalue weighted by molar-refractivity contribution is 0.0210. The highest BCUT2D eigenvalue weighted by Gasteiger charge is 2.67. The molecule has 0 atom stereocenters. The van der Waals surface area contributed by atoms with Gasteiger partial charge in [0.25, 0.3) is 0 Å². The van der Waals surface area contributed by atoms with Gasteiger partial charge >= 0.3 is 0 Å². The summed E-state index contributed by atoms with van der Waals surface area (Å²) in [6, 6.07) is 9.08. The van der Waals surface area contributed by atoms with Gasteiger partial charge in [-0.1, -0.05) is 60.7 Å². The zero-order valence-electron chi connectivity index (χ0n) is 9.39.